The van der Waals surface area contributed by atoms with Gasteiger partial charge in [-0.2, -0.15) is 17.0 Å². The standard InChI is InChI=1S/C14H16N2O2S/c15-8-5-11-1-3-12(4-2-11)16-13(17)14(18)6-9-19-10-7-14/h1-4,18H,5-7,9-10H2,(H,16,17). The predicted octanol–water partition coefficient (Wildman–Crippen LogP) is 1.95. The largest absolute Gasteiger partial charge is 0.380 e. The Labute approximate surface area is 116 Å². The Bertz CT molecular complexity index is 487. The highest BCUT2D eigenvalue weighted by molar-refractivity contribution is 7.99. The fraction of sp³-hybridized carbons (Fsp3) is 0.429. The first-order chi connectivity index (χ1) is 9.14. The molecule has 4 nitrogen and oxygen atoms in total. The molecular weight excluding hydrogens is 260 g/mol. The summed E-state index contributed by atoms with van der Waals surface area (Å²) in [5.41, 5.74) is 0.322. The number of hydrogen-bond acceptors (Lipinski definition) is 4. The molecule has 100 valence electrons. The number of amides is 1. The van der Waals surface area contributed by atoms with Gasteiger partial charge in [-0.1, -0.05) is 12.1 Å². The van der Waals surface area contributed by atoms with Gasteiger partial charge in [-0.25, -0.2) is 0 Å². The first-order valence-electron chi connectivity index (χ1n) is 6.21. The maximum Gasteiger partial charge on any atom is 0.256 e. The number of aliphatic hydroxyl groups is 1. The van der Waals surface area contributed by atoms with Gasteiger partial charge in [0.15, 0.2) is 0 Å². The van der Waals surface area contributed by atoms with E-state index < -0.39 is 5.60 Å². The highest BCUT2D eigenvalue weighted by Crippen LogP contribution is 2.28. The Kier molecular flexibility index (Phi) is 4.46. The lowest BCUT2D eigenvalue weighted by atomic mass is 9.95. The van der Waals surface area contributed by atoms with Crippen molar-refractivity contribution >= 4 is 23.4 Å². The van der Waals surface area contributed by atoms with Gasteiger partial charge in [0.05, 0.1) is 12.5 Å². The Balaban J connectivity index is 2.00. The number of nitrogens with zero attached hydrogens (tertiary/aromatic N) is 1. The molecule has 1 fully saturated rings. The van der Waals surface area contributed by atoms with Crippen molar-refractivity contribution in [1.29, 1.82) is 5.26 Å². The third kappa shape index (κ3) is 3.49. The summed E-state index contributed by atoms with van der Waals surface area (Å²) in [7, 11) is 0. The molecule has 2 rings (SSSR count). The molecule has 1 aliphatic rings. The van der Waals surface area contributed by atoms with E-state index >= 15 is 0 Å². The van der Waals surface area contributed by atoms with Crippen molar-refractivity contribution in [3.63, 3.8) is 0 Å². The third-order valence-corrected chi connectivity index (χ3v) is 4.22. The zero-order valence-corrected chi connectivity index (χ0v) is 11.4. The Morgan fingerprint density at radius 2 is 2.00 bits per heavy atom. The molecule has 1 aromatic rings. The van der Waals surface area contributed by atoms with Crippen LogP contribution in [0.3, 0.4) is 0 Å². The molecule has 0 unspecified atom stereocenters. The van der Waals surface area contributed by atoms with Gasteiger partial charge in [0.1, 0.15) is 5.60 Å². The number of hydrogen-bond donors (Lipinski definition) is 2. The van der Waals surface area contributed by atoms with E-state index in [9.17, 15) is 9.90 Å². The molecule has 0 bridgehead atoms. The van der Waals surface area contributed by atoms with Gasteiger partial charge in [0, 0.05) is 5.69 Å². The number of carbonyl (C=O) groups is 1. The smallest absolute Gasteiger partial charge is 0.256 e. The molecule has 1 saturated heterocycles. The monoisotopic (exact) mass is 276 g/mol. The lowest BCUT2D eigenvalue weighted by Crippen LogP contribution is -2.45. The molecule has 0 aliphatic carbocycles. The van der Waals surface area contributed by atoms with Crippen LogP contribution >= 0.6 is 11.8 Å². The molecule has 1 amide bonds. The van der Waals surface area contributed by atoms with Crippen LogP contribution in [0.1, 0.15) is 18.4 Å². The summed E-state index contributed by atoms with van der Waals surface area (Å²) >= 11 is 1.76. The Morgan fingerprint density at radius 3 is 2.58 bits per heavy atom. The van der Waals surface area contributed by atoms with Crippen LogP contribution in [-0.4, -0.2) is 28.1 Å². The van der Waals surface area contributed by atoms with Gasteiger partial charge in [-0.15, -0.1) is 0 Å². The molecule has 0 atom stereocenters. The number of nitriles is 1. The van der Waals surface area contributed by atoms with Crippen molar-refractivity contribution in [3.8, 4) is 6.07 Å². The topological polar surface area (TPSA) is 73.1 Å². The zero-order valence-electron chi connectivity index (χ0n) is 10.6. The maximum atomic E-state index is 12.1. The molecule has 19 heavy (non-hydrogen) atoms. The summed E-state index contributed by atoms with van der Waals surface area (Å²) in [6, 6.07) is 9.19. The van der Waals surface area contributed by atoms with Gasteiger partial charge in [-0.3, -0.25) is 4.79 Å². The molecule has 0 saturated carbocycles. The summed E-state index contributed by atoms with van der Waals surface area (Å²) in [6.45, 7) is 0. The van der Waals surface area contributed by atoms with Crippen molar-refractivity contribution in [2.24, 2.45) is 0 Å². The van der Waals surface area contributed by atoms with Gasteiger partial charge >= 0.3 is 0 Å². The molecule has 2 N–H and O–H groups in total. The van der Waals surface area contributed by atoms with E-state index in [-0.39, 0.29) is 5.91 Å². The number of carbonyl (C=O) groups excluding carboxylic acids is 1. The van der Waals surface area contributed by atoms with Crippen molar-refractivity contribution < 1.29 is 9.90 Å². The van der Waals surface area contributed by atoms with Crippen LogP contribution in [0.25, 0.3) is 0 Å². The number of anilines is 1. The van der Waals surface area contributed by atoms with E-state index in [2.05, 4.69) is 11.4 Å². The van der Waals surface area contributed by atoms with Crippen LogP contribution in [0.5, 0.6) is 0 Å². The maximum absolute atomic E-state index is 12.1. The molecule has 1 heterocycles. The Hall–Kier alpha value is -1.51. The van der Waals surface area contributed by atoms with Crippen LogP contribution in [-0.2, 0) is 11.2 Å². The van der Waals surface area contributed by atoms with Crippen molar-refractivity contribution in [1.82, 2.24) is 0 Å². The van der Waals surface area contributed by atoms with E-state index in [1.807, 2.05) is 0 Å². The third-order valence-electron chi connectivity index (χ3n) is 3.24. The highest BCUT2D eigenvalue weighted by atomic mass is 32.2. The van der Waals surface area contributed by atoms with E-state index in [1.165, 1.54) is 0 Å². The van der Waals surface area contributed by atoms with E-state index in [0.29, 0.717) is 24.9 Å². The molecule has 0 spiro atoms. The van der Waals surface area contributed by atoms with Gasteiger partial charge < -0.3 is 10.4 Å². The van der Waals surface area contributed by atoms with Gasteiger partial charge in [0.25, 0.3) is 5.91 Å². The quantitative estimate of drug-likeness (QED) is 0.885. The summed E-state index contributed by atoms with van der Waals surface area (Å²) in [5.74, 6) is 1.29. The second kappa shape index (κ2) is 6.09. The minimum Gasteiger partial charge on any atom is -0.380 e. The molecule has 0 radical (unpaired) electrons. The van der Waals surface area contributed by atoms with Crippen LogP contribution in [0.15, 0.2) is 24.3 Å². The lowest BCUT2D eigenvalue weighted by Gasteiger charge is -2.30. The van der Waals surface area contributed by atoms with Crippen molar-refractivity contribution in [2.75, 3.05) is 16.8 Å². The van der Waals surface area contributed by atoms with Crippen LogP contribution < -0.4 is 5.32 Å². The van der Waals surface area contributed by atoms with Gasteiger partial charge in [-0.05, 0) is 42.0 Å². The first kappa shape index (κ1) is 13.9. The highest BCUT2D eigenvalue weighted by Gasteiger charge is 2.37. The lowest BCUT2D eigenvalue weighted by molar-refractivity contribution is -0.134. The summed E-state index contributed by atoms with van der Waals surface area (Å²) in [6.07, 6.45) is 1.35. The number of nitrogens with one attached hydrogen (secondary N) is 1. The van der Waals surface area contributed by atoms with Crippen molar-refractivity contribution in [3.05, 3.63) is 29.8 Å². The van der Waals surface area contributed by atoms with Crippen molar-refractivity contribution in [2.45, 2.75) is 24.9 Å². The second-order valence-electron chi connectivity index (χ2n) is 4.63. The molecule has 1 aromatic carbocycles. The molecular formula is C14H16N2O2S. The molecule has 0 aromatic heterocycles. The SMILES string of the molecule is N#CCc1ccc(NC(=O)C2(O)CCSCC2)cc1. The fourth-order valence-corrected chi connectivity index (χ4v) is 3.15. The minimum atomic E-state index is -1.24. The first-order valence-corrected chi connectivity index (χ1v) is 7.37. The minimum absolute atomic E-state index is 0.333. The number of thioether (sulfide) groups is 1. The fourth-order valence-electron chi connectivity index (χ4n) is 1.98. The van der Waals surface area contributed by atoms with E-state index in [0.717, 1.165) is 17.1 Å². The zero-order chi connectivity index (χ0) is 13.7. The normalized spacial score (nSPS) is 17.5. The van der Waals surface area contributed by atoms with Gasteiger partial charge in [0.2, 0.25) is 0 Å². The number of rotatable bonds is 3. The molecule has 1 aliphatic heterocycles. The summed E-state index contributed by atoms with van der Waals surface area (Å²) in [4.78, 5) is 12.1. The van der Waals surface area contributed by atoms with Crippen LogP contribution in [0, 0.1) is 11.3 Å². The average molecular weight is 276 g/mol. The van der Waals surface area contributed by atoms with E-state index in [1.54, 1.807) is 36.0 Å². The second-order valence-corrected chi connectivity index (χ2v) is 5.85. The summed E-state index contributed by atoms with van der Waals surface area (Å²) < 4.78 is 0. The average Bonchev–Trinajstić information content (AvgIpc) is 2.42. The Morgan fingerprint density at radius 1 is 1.37 bits per heavy atom. The number of benzene rings is 1. The summed E-state index contributed by atoms with van der Waals surface area (Å²) in [5, 5.41) is 21.6. The predicted molar refractivity (Wildman–Crippen MR) is 75.9 cm³/mol. The van der Waals surface area contributed by atoms with E-state index in [4.69, 9.17) is 5.26 Å². The van der Waals surface area contributed by atoms with Crippen LogP contribution in [0.4, 0.5) is 5.69 Å². The van der Waals surface area contributed by atoms with Crippen LogP contribution in [0.2, 0.25) is 0 Å². The molecule has 5 heteroatoms.